The molecule has 0 saturated carbocycles. The lowest BCUT2D eigenvalue weighted by molar-refractivity contribution is -0.116. The maximum atomic E-state index is 11.8. The van der Waals surface area contributed by atoms with Crippen LogP contribution in [0, 0.1) is 6.92 Å². The highest BCUT2D eigenvalue weighted by molar-refractivity contribution is 5.90. The van der Waals surface area contributed by atoms with Crippen LogP contribution >= 0.6 is 0 Å². The second-order valence-electron chi connectivity index (χ2n) is 4.59. The van der Waals surface area contributed by atoms with E-state index in [4.69, 9.17) is 10.5 Å². The number of nitrogens with one attached hydrogen (secondary N) is 1. The zero-order chi connectivity index (χ0) is 14.4. The van der Waals surface area contributed by atoms with Crippen molar-refractivity contribution in [2.75, 3.05) is 17.7 Å². The van der Waals surface area contributed by atoms with Crippen molar-refractivity contribution in [1.82, 2.24) is 0 Å². The molecule has 0 aliphatic rings. The third kappa shape index (κ3) is 4.31. The van der Waals surface area contributed by atoms with E-state index >= 15 is 0 Å². The molecule has 0 aliphatic carbocycles. The summed E-state index contributed by atoms with van der Waals surface area (Å²) in [5, 5.41) is 2.84. The van der Waals surface area contributed by atoms with Crippen LogP contribution in [0.1, 0.15) is 12.0 Å². The van der Waals surface area contributed by atoms with E-state index < -0.39 is 0 Å². The van der Waals surface area contributed by atoms with Crippen molar-refractivity contribution in [3.8, 4) is 5.75 Å². The van der Waals surface area contributed by atoms with E-state index in [0.29, 0.717) is 24.5 Å². The Kier molecular flexibility index (Phi) is 4.60. The van der Waals surface area contributed by atoms with Gasteiger partial charge in [0.05, 0.1) is 13.0 Å². The van der Waals surface area contributed by atoms with Crippen molar-refractivity contribution >= 4 is 17.3 Å². The standard InChI is InChI=1S/C16H18N2O2/c1-12-3-2-4-14(11-12)18-16(19)9-10-20-15-7-5-13(17)6-8-15/h2-8,11H,9-10,17H2,1H3,(H,18,19). The molecule has 2 aromatic rings. The van der Waals surface area contributed by atoms with Gasteiger partial charge in [0.2, 0.25) is 5.91 Å². The lowest BCUT2D eigenvalue weighted by atomic mass is 10.2. The van der Waals surface area contributed by atoms with Crippen LogP contribution in [-0.4, -0.2) is 12.5 Å². The monoisotopic (exact) mass is 270 g/mol. The minimum absolute atomic E-state index is 0.0638. The van der Waals surface area contributed by atoms with Gasteiger partial charge in [-0.1, -0.05) is 12.1 Å². The van der Waals surface area contributed by atoms with Crippen molar-refractivity contribution in [1.29, 1.82) is 0 Å². The summed E-state index contributed by atoms with van der Waals surface area (Å²) in [5.74, 6) is 0.647. The number of amides is 1. The van der Waals surface area contributed by atoms with Gasteiger partial charge in [-0.05, 0) is 48.9 Å². The number of carbonyl (C=O) groups is 1. The molecule has 20 heavy (non-hydrogen) atoms. The zero-order valence-corrected chi connectivity index (χ0v) is 11.4. The first-order valence-electron chi connectivity index (χ1n) is 6.48. The highest BCUT2D eigenvalue weighted by atomic mass is 16.5. The van der Waals surface area contributed by atoms with Crippen molar-refractivity contribution in [3.63, 3.8) is 0 Å². The average molecular weight is 270 g/mol. The van der Waals surface area contributed by atoms with Crippen molar-refractivity contribution < 1.29 is 9.53 Å². The molecule has 0 aliphatic heterocycles. The summed E-state index contributed by atoms with van der Waals surface area (Å²) in [5.41, 5.74) is 8.19. The molecule has 0 aromatic heterocycles. The highest BCUT2D eigenvalue weighted by Crippen LogP contribution is 2.13. The molecule has 0 radical (unpaired) electrons. The number of hydrogen-bond acceptors (Lipinski definition) is 3. The van der Waals surface area contributed by atoms with Gasteiger partial charge in [0, 0.05) is 11.4 Å². The maximum absolute atomic E-state index is 11.8. The molecule has 0 unspecified atom stereocenters. The maximum Gasteiger partial charge on any atom is 0.227 e. The Morgan fingerprint density at radius 3 is 2.65 bits per heavy atom. The minimum atomic E-state index is -0.0638. The van der Waals surface area contributed by atoms with Gasteiger partial charge >= 0.3 is 0 Å². The normalized spacial score (nSPS) is 10.1. The van der Waals surface area contributed by atoms with Gasteiger partial charge in [-0.25, -0.2) is 0 Å². The van der Waals surface area contributed by atoms with Gasteiger partial charge < -0.3 is 15.8 Å². The highest BCUT2D eigenvalue weighted by Gasteiger charge is 2.03. The molecule has 0 bridgehead atoms. The van der Waals surface area contributed by atoms with E-state index in [0.717, 1.165) is 11.3 Å². The molecule has 104 valence electrons. The Morgan fingerprint density at radius 1 is 1.20 bits per heavy atom. The zero-order valence-electron chi connectivity index (χ0n) is 11.4. The number of anilines is 2. The molecule has 0 fully saturated rings. The largest absolute Gasteiger partial charge is 0.493 e. The van der Waals surface area contributed by atoms with E-state index in [9.17, 15) is 4.79 Å². The van der Waals surface area contributed by atoms with E-state index in [1.807, 2.05) is 31.2 Å². The quantitative estimate of drug-likeness (QED) is 0.821. The Hall–Kier alpha value is -2.49. The third-order valence-electron chi connectivity index (χ3n) is 2.78. The van der Waals surface area contributed by atoms with Gasteiger partial charge in [-0.15, -0.1) is 0 Å². The minimum Gasteiger partial charge on any atom is -0.493 e. The van der Waals surface area contributed by atoms with E-state index in [1.165, 1.54) is 0 Å². The first-order chi connectivity index (χ1) is 9.63. The Bertz CT molecular complexity index is 579. The fraction of sp³-hybridized carbons (Fsp3) is 0.188. The number of carbonyl (C=O) groups excluding carboxylic acids is 1. The summed E-state index contributed by atoms with van der Waals surface area (Å²) in [6.07, 6.45) is 0.304. The molecule has 2 aromatic carbocycles. The van der Waals surface area contributed by atoms with Crippen LogP contribution in [0.25, 0.3) is 0 Å². The van der Waals surface area contributed by atoms with Crippen LogP contribution in [0.4, 0.5) is 11.4 Å². The topological polar surface area (TPSA) is 64.3 Å². The van der Waals surface area contributed by atoms with Crippen LogP contribution in [0.3, 0.4) is 0 Å². The molecule has 0 atom stereocenters. The number of rotatable bonds is 5. The van der Waals surface area contributed by atoms with Crippen molar-refractivity contribution in [2.45, 2.75) is 13.3 Å². The molecule has 2 rings (SSSR count). The fourth-order valence-electron chi connectivity index (χ4n) is 1.77. The van der Waals surface area contributed by atoms with Crippen LogP contribution in [0.15, 0.2) is 48.5 Å². The summed E-state index contributed by atoms with van der Waals surface area (Å²) >= 11 is 0. The smallest absolute Gasteiger partial charge is 0.227 e. The third-order valence-corrected chi connectivity index (χ3v) is 2.78. The van der Waals surface area contributed by atoms with Gasteiger partial charge in [0.1, 0.15) is 5.75 Å². The molecular weight excluding hydrogens is 252 g/mol. The fourth-order valence-corrected chi connectivity index (χ4v) is 1.77. The predicted octanol–water partition coefficient (Wildman–Crippen LogP) is 2.98. The molecule has 0 heterocycles. The molecule has 0 saturated heterocycles. The SMILES string of the molecule is Cc1cccc(NC(=O)CCOc2ccc(N)cc2)c1. The van der Waals surface area contributed by atoms with E-state index in [-0.39, 0.29) is 5.91 Å². The van der Waals surface area contributed by atoms with E-state index in [1.54, 1.807) is 24.3 Å². The predicted molar refractivity (Wildman–Crippen MR) is 80.8 cm³/mol. The molecule has 0 spiro atoms. The summed E-state index contributed by atoms with van der Waals surface area (Å²) in [4.78, 5) is 11.8. The number of ether oxygens (including phenoxy) is 1. The van der Waals surface area contributed by atoms with Crippen LogP contribution in [0.2, 0.25) is 0 Å². The number of hydrogen-bond donors (Lipinski definition) is 2. The number of benzene rings is 2. The Labute approximate surface area is 118 Å². The second kappa shape index (κ2) is 6.61. The van der Waals surface area contributed by atoms with Gasteiger partial charge in [-0.3, -0.25) is 4.79 Å². The summed E-state index contributed by atoms with van der Waals surface area (Å²) in [7, 11) is 0. The number of nitrogens with two attached hydrogens (primary N) is 1. The molecular formula is C16H18N2O2. The van der Waals surface area contributed by atoms with Gasteiger partial charge in [-0.2, -0.15) is 0 Å². The summed E-state index contributed by atoms with van der Waals surface area (Å²) in [6.45, 7) is 2.32. The van der Waals surface area contributed by atoms with Gasteiger partial charge in [0.15, 0.2) is 0 Å². The Balaban J connectivity index is 1.76. The number of nitrogen functional groups attached to an aromatic ring is 1. The molecule has 4 heteroatoms. The molecule has 1 amide bonds. The lowest BCUT2D eigenvalue weighted by Gasteiger charge is -2.08. The molecule has 4 nitrogen and oxygen atoms in total. The van der Waals surface area contributed by atoms with Crippen molar-refractivity contribution in [2.24, 2.45) is 0 Å². The first kappa shape index (κ1) is 13.9. The van der Waals surface area contributed by atoms with Crippen molar-refractivity contribution in [3.05, 3.63) is 54.1 Å². The Morgan fingerprint density at radius 2 is 1.95 bits per heavy atom. The summed E-state index contributed by atoms with van der Waals surface area (Å²) < 4.78 is 5.48. The first-order valence-corrected chi connectivity index (χ1v) is 6.48. The van der Waals surface area contributed by atoms with Crippen LogP contribution in [0.5, 0.6) is 5.75 Å². The van der Waals surface area contributed by atoms with E-state index in [2.05, 4.69) is 5.32 Å². The van der Waals surface area contributed by atoms with Crippen LogP contribution < -0.4 is 15.8 Å². The summed E-state index contributed by atoms with van der Waals surface area (Å²) in [6, 6.07) is 14.8. The van der Waals surface area contributed by atoms with Crippen LogP contribution in [-0.2, 0) is 4.79 Å². The second-order valence-corrected chi connectivity index (χ2v) is 4.59. The number of aryl methyl sites for hydroxylation is 1. The average Bonchev–Trinajstić information content (AvgIpc) is 2.41. The molecule has 3 N–H and O–H groups in total. The lowest BCUT2D eigenvalue weighted by Crippen LogP contribution is -2.15. The van der Waals surface area contributed by atoms with Gasteiger partial charge in [0.25, 0.3) is 0 Å².